The molecule has 1 atom stereocenters. The highest BCUT2D eigenvalue weighted by Gasteiger charge is 2.45. The van der Waals surface area contributed by atoms with Crippen LogP contribution in [0.2, 0.25) is 0 Å². The molecule has 12 heteroatoms. The van der Waals surface area contributed by atoms with Gasteiger partial charge in [0.25, 0.3) is 5.91 Å². The molecule has 5 nitrogen and oxygen atoms in total. The number of halogens is 6. The Morgan fingerprint density at radius 2 is 1.49 bits per heavy atom. The number of carbonyl (C=O) groups excluding carboxylic acids is 1. The van der Waals surface area contributed by atoms with Gasteiger partial charge < -0.3 is 10.6 Å². The zero-order valence-corrected chi connectivity index (χ0v) is 21.2. The van der Waals surface area contributed by atoms with E-state index in [2.05, 4.69) is 5.73 Å². The Bertz CT molecular complexity index is 1220. The fraction of sp³-hybridized carbons (Fsp3) is 0.480. The maximum Gasteiger partial charge on any atom is 0.416 e. The number of carbonyl (C=O) groups is 1. The molecule has 1 amide bonds. The van der Waals surface area contributed by atoms with Crippen molar-refractivity contribution in [3.63, 3.8) is 0 Å². The van der Waals surface area contributed by atoms with Gasteiger partial charge in [0.1, 0.15) is 0 Å². The molecule has 0 bridgehead atoms. The highest BCUT2D eigenvalue weighted by Crippen LogP contribution is 2.39. The van der Waals surface area contributed by atoms with E-state index in [9.17, 15) is 39.6 Å². The van der Waals surface area contributed by atoms with E-state index in [1.807, 2.05) is 0 Å². The van der Waals surface area contributed by atoms with Crippen molar-refractivity contribution in [1.29, 1.82) is 0 Å². The minimum absolute atomic E-state index is 0.145. The van der Waals surface area contributed by atoms with Gasteiger partial charge in [0, 0.05) is 19.5 Å². The van der Waals surface area contributed by atoms with Crippen LogP contribution in [0, 0.1) is 5.92 Å². The zero-order chi connectivity index (χ0) is 27.8. The van der Waals surface area contributed by atoms with Crippen LogP contribution in [0.4, 0.5) is 26.3 Å². The third-order valence-corrected chi connectivity index (χ3v) is 9.66. The van der Waals surface area contributed by atoms with Gasteiger partial charge in [0.2, 0.25) is 0 Å². The number of quaternary nitrogens is 1. The number of hydrogen-bond acceptors (Lipinski definition) is 3. The maximum atomic E-state index is 13.3. The number of alkyl halides is 6. The molecule has 0 aromatic heterocycles. The molecule has 3 rings (SSSR count). The van der Waals surface area contributed by atoms with E-state index in [0.29, 0.717) is 24.5 Å². The lowest BCUT2D eigenvalue weighted by Crippen LogP contribution is -2.69. The molecule has 0 spiro atoms. The van der Waals surface area contributed by atoms with Gasteiger partial charge in [-0.15, -0.1) is 0 Å². The van der Waals surface area contributed by atoms with E-state index >= 15 is 0 Å². The SMILES string of the molecule is CC(C)(C1CCN(C(=O)[C@@H]([NH3+])Cc2ccc(C(F)(F)F)cc2)CC1)S(=O)(=O)c1cccc(C(F)(F)F)c1. The molecular formula is C25H29F6N2O3S+. The van der Waals surface area contributed by atoms with Gasteiger partial charge in [-0.2, -0.15) is 26.3 Å². The van der Waals surface area contributed by atoms with Gasteiger partial charge in [-0.3, -0.25) is 4.79 Å². The van der Waals surface area contributed by atoms with Crippen molar-refractivity contribution in [2.24, 2.45) is 5.92 Å². The van der Waals surface area contributed by atoms with Gasteiger partial charge in [0.15, 0.2) is 15.9 Å². The van der Waals surface area contributed by atoms with Crippen LogP contribution in [0.25, 0.3) is 0 Å². The molecule has 1 aliphatic heterocycles. The minimum Gasteiger partial charge on any atom is -0.347 e. The molecule has 1 aliphatic rings. The third-order valence-electron chi connectivity index (χ3n) is 7.07. The highest BCUT2D eigenvalue weighted by molar-refractivity contribution is 7.92. The van der Waals surface area contributed by atoms with Gasteiger partial charge in [0.05, 0.1) is 20.8 Å². The van der Waals surface area contributed by atoms with Crippen LogP contribution in [0.5, 0.6) is 0 Å². The summed E-state index contributed by atoms with van der Waals surface area (Å²) in [5.74, 6) is -0.703. The van der Waals surface area contributed by atoms with Crippen molar-refractivity contribution in [3.05, 3.63) is 65.2 Å². The average molecular weight is 552 g/mol. The van der Waals surface area contributed by atoms with E-state index < -0.39 is 54.9 Å². The first-order valence-electron chi connectivity index (χ1n) is 11.6. The van der Waals surface area contributed by atoms with Gasteiger partial charge >= 0.3 is 12.4 Å². The van der Waals surface area contributed by atoms with Crippen LogP contribution in [-0.4, -0.2) is 43.1 Å². The van der Waals surface area contributed by atoms with Crippen molar-refractivity contribution < 1.29 is 45.3 Å². The number of piperidine rings is 1. The van der Waals surface area contributed by atoms with Crippen LogP contribution >= 0.6 is 0 Å². The number of rotatable bonds is 6. The number of sulfone groups is 1. The summed E-state index contributed by atoms with van der Waals surface area (Å²) in [6.07, 6.45) is -8.34. The van der Waals surface area contributed by atoms with Crippen LogP contribution in [0.3, 0.4) is 0 Å². The monoisotopic (exact) mass is 551 g/mol. The van der Waals surface area contributed by atoms with E-state index in [1.165, 1.54) is 26.0 Å². The van der Waals surface area contributed by atoms with E-state index in [-0.39, 0.29) is 25.4 Å². The molecule has 0 unspecified atom stereocenters. The second-order valence-electron chi connectivity index (χ2n) is 9.83. The first kappa shape index (κ1) is 29.0. The van der Waals surface area contributed by atoms with Crippen molar-refractivity contribution in [2.75, 3.05) is 13.1 Å². The van der Waals surface area contributed by atoms with Crippen molar-refractivity contribution in [3.8, 4) is 0 Å². The average Bonchev–Trinajstić information content (AvgIpc) is 2.83. The minimum atomic E-state index is -4.67. The topological polar surface area (TPSA) is 82.1 Å². The molecule has 1 saturated heterocycles. The Morgan fingerprint density at radius 1 is 0.946 bits per heavy atom. The fourth-order valence-corrected chi connectivity index (χ4v) is 6.44. The molecule has 1 fully saturated rings. The standard InChI is InChI=1S/C25H28F6N2O3S/c1-23(2,37(35,36)20-5-3-4-19(15-20)25(29,30)31)17-10-12-33(13-11-17)22(34)21(32)14-16-6-8-18(9-7-16)24(26,27)28/h3-9,15,17,21H,10-14,32H2,1-2H3/p+1/t21-/m0/s1. The molecule has 3 N–H and O–H groups in total. The smallest absolute Gasteiger partial charge is 0.347 e. The number of benzene rings is 2. The quantitative estimate of drug-likeness (QED) is 0.542. The molecular weight excluding hydrogens is 522 g/mol. The predicted molar refractivity (Wildman–Crippen MR) is 124 cm³/mol. The number of nitrogens with zero attached hydrogens (tertiary/aromatic N) is 1. The second-order valence-corrected chi connectivity index (χ2v) is 12.4. The number of hydrogen-bond donors (Lipinski definition) is 1. The Hall–Kier alpha value is -2.60. The van der Waals surface area contributed by atoms with Crippen LogP contribution in [-0.2, 0) is 33.4 Å². The Balaban J connectivity index is 1.65. The second kappa shape index (κ2) is 10.3. The maximum absolute atomic E-state index is 13.3. The van der Waals surface area contributed by atoms with Gasteiger partial charge in [-0.25, -0.2) is 8.42 Å². The predicted octanol–water partition coefficient (Wildman–Crippen LogP) is 4.37. The molecule has 0 saturated carbocycles. The summed E-state index contributed by atoms with van der Waals surface area (Å²) in [5.41, 5.74) is 2.56. The van der Waals surface area contributed by atoms with Crippen LogP contribution in [0.15, 0.2) is 53.4 Å². The molecule has 2 aromatic carbocycles. The van der Waals surface area contributed by atoms with Crippen LogP contribution < -0.4 is 5.73 Å². The summed E-state index contributed by atoms with van der Waals surface area (Å²) in [5, 5.41) is 0. The summed E-state index contributed by atoms with van der Waals surface area (Å²) < 4.78 is 103. The zero-order valence-electron chi connectivity index (χ0n) is 20.4. The third kappa shape index (κ3) is 6.28. The summed E-state index contributed by atoms with van der Waals surface area (Å²) in [6.45, 7) is 3.45. The van der Waals surface area contributed by atoms with E-state index in [1.54, 1.807) is 4.90 Å². The van der Waals surface area contributed by atoms with Crippen molar-refractivity contribution in [2.45, 2.75) is 61.1 Å². The fourth-order valence-electron chi connectivity index (χ4n) is 4.62. The molecule has 204 valence electrons. The Labute approximate surface area is 211 Å². The Morgan fingerprint density at radius 3 is 2.00 bits per heavy atom. The largest absolute Gasteiger partial charge is 0.416 e. The normalized spacial score (nSPS) is 17.1. The molecule has 2 aromatic rings. The summed E-state index contributed by atoms with van der Waals surface area (Å²) in [7, 11) is -4.13. The van der Waals surface area contributed by atoms with E-state index in [0.717, 1.165) is 30.3 Å². The lowest BCUT2D eigenvalue weighted by molar-refractivity contribution is -0.405. The summed E-state index contributed by atoms with van der Waals surface area (Å²) in [4.78, 5) is 14.0. The summed E-state index contributed by atoms with van der Waals surface area (Å²) >= 11 is 0. The van der Waals surface area contributed by atoms with Gasteiger partial charge in [-0.05, 0) is 68.5 Å². The van der Waals surface area contributed by atoms with Crippen molar-refractivity contribution in [1.82, 2.24) is 4.90 Å². The van der Waals surface area contributed by atoms with Crippen LogP contribution in [0.1, 0.15) is 43.4 Å². The number of amides is 1. The first-order chi connectivity index (χ1) is 16.9. The lowest BCUT2D eigenvalue weighted by Gasteiger charge is -2.40. The van der Waals surface area contributed by atoms with Crippen molar-refractivity contribution >= 4 is 15.7 Å². The van der Waals surface area contributed by atoms with Gasteiger partial charge in [-0.1, -0.05) is 18.2 Å². The lowest BCUT2D eigenvalue weighted by atomic mass is 9.85. The highest BCUT2D eigenvalue weighted by atomic mass is 32.2. The molecule has 1 heterocycles. The Kier molecular flexibility index (Phi) is 8.05. The molecule has 37 heavy (non-hydrogen) atoms. The number of likely N-dealkylation sites (tertiary alicyclic amines) is 1. The summed E-state index contributed by atoms with van der Waals surface area (Å²) in [6, 6.07) is 7.45. The molecule has 0 aliphatic carbocycles. The molecule has 0 radical (unpaired) electrons. The first-order valence-corrected chi connectivity index (χ1v) is 13.1. The van der Waals surface area contributed by atoms with E-state index in [4.69, 9.17) is 0 Å².